The molecule has 0 amide bonds. The number of aromatic nitrogens is 2. The fourth-order valence-corrected chi connectivity index (χ4v) is 9.76. The van der Waals surface area contributed by atoms with E-state index >= 15 is 0 Å². The van der Waals surface area contributed by atoms with Crippen molar-refractivity contribution in [3.05, 3.63) is 204 Å². The molecule has 0 spiro atoms. The zero-order chi connectivity index (χ0) is 39.2. The van der Waals surface area contributed by atoms with E-state index in [1.807, 2.05) is 6.07 Å². The minimum Gasteiger partial charge on any atom is -0.228 e. The highest BCUT2D eigenvalue weighted by atomic mass is 14.9. The molecule has 11 rings (SSSR count). The Labute approximate surface area is 340 Å². The molecule has 0 saturated heterocycles. The summed E-state index contributed by atoms with van der Waals surface area (Å²) in [6, 6.07) is 66.3. The van der Waals surface area contributed by atoms with E-state index in [0.717, 1.165) is 28.1 Å². The third-order valence-electron chi connectivity index (χ3n) is 12.9. The smallest absolute Gasteiger partial charge is 0.160 e. The topological polar surface area (TPSA) is 25.8 Å². The zero-order valence-corrected chi connectivity index (χ0v) is 33.2. The summed E-state index contributed by atoms with van der Waals surface area (Å²) in [7, 11) is 0. The van der Waals surface area contributed by atoms with Crippen LogP contribution in [-0.2, 0) is 10.8 Å². The minimum atomic E-state index is -0.107. The van der Waals surface area contributed by atoms with Crippen molar-refractivity contribution in [2.24, 2.45) is 0 Å². The minimum absolute atomic E-state index is 0.0615. The Morgan fingerprint density at radius 1 is 0.310 bits per heavy atom. The molecule has 0 bridgehead atoms. The molecule has 0 N–H and O–H groups in total. The molecule has 2 aliphatic carbocycles. The molecule has 0 fully saturated rings. The zero-order valence-electron chi connectivity index (χ0n) is 33.2. The molecule has 2 aliphatic rings. The molecule has 1 heterocycles. The Bertz CT molecular complexity index is 3110. The molecule has 0 atom stereocenters. The van der Waals surface area contributed by atoms with Crippen molar-refractivity contribution in [1.29, 1.82) is 0 Å². The maximum Gasteiger partial charge on any atom is 0.160 e. The summed E-state index contributed by atoms with van der Waals surface area (Å²) in [6.45, 7) is 9.40. The van der Waals surface area contributed by atoms with E-state index in [4.69, 9.17) is 9.97 Å². The Morgan fingerprint density at radius 3 is 1.60 bits per heavy atom. The maximum atomic E-state index is 5.24. The lowest BCUT2D eigenvalue weighted by molar-refractivity contribution is 0.660. The van der Waals surface area contributed by atoms with E-state index in [1.54, 1.807) is 0 Å². The van der Waals surface area contributed by atoms with E-state index in [1.165, 1.54) is 77.5 Å². The van der Waals surface area contributed by atoms with Gasteiger partial charge in [-0.25, -0.2) is 9.97 Å². The van der Waals surface area contributed by atoms with Crippen molar-refractivity contribution in [2.75, 3.05) is 0 Å². The second kappa shape index (κ2) is 12.8. The second-order valence-corrected chi connectivity index (χ2v) is 17.0. The highest BCUT2D eigenvalue weighted by Gasteiger charge is 2.37. The van der Waals surface area contributed by atoms with Gasteiger partial charge in [-0.15, -0.1) is 0 Å². The van der Waals surface area contributed by atoms with Gasteiger partial charge in [0.15, 0.2) is 5.82 Å². The monoisotopic (exact) mass is 742 g/mol. The Kier molecular flexibility index (Phi) is 7.59. The molecule has 1 aromatic heterocycles. The number of fused-ring (bicyclic) bond motifs is 7. The summed E-state index contributed by atoms with van der Waals surface area (Å²) in [5.41, 5.74) is 20.4. The standard InChI is InChI=1S/C56H42N2/c1-55(2)47-25-11-10-23-44(47)45-28-27-39(33-49(45)55)36-19-12-21-41(29-36)51-34-52(58-54(57-51)35-15-6-5-7-16-35)42-22-13-20-40(30-42)43-24-14-26-48-53(43)46-31-37-17-8-9-18-38(37)32-50(46)56(48,3)4/h5-34H,1-4H3. The number of benzene rings is 8. The Balaban J connectivity index is 1.02. The molecule has 0 aliphatic heterocycles. The van der Waals surface area contributed by atoms with Gasteiger partial charge in [0.05, 0.1) is 11.4 Å². The molecule has 58 heavy (non-hydrogen) atoms. The van der Waals surface area contributed by atoms with Gasteiger partial charge in [-0.2, -0.15) is 0 Å². The van der Waals surface area contributed by atoms with Gasteiger partial charge in [0, 0.05) is 27.5 Å². The summed E-state index contributed by atoms with van der Waals surface area (Å²) in [5, 5.41) is 2.55. The van der Waals surface area contributed by atoms with Gasteiger partial charge in [-0.1, -0.05) is 173 Å². The van der Waals surface area contributed by atoms with Crippen LogP contribution in [0.5, 0.6) is 0 Å². The van der Waals surface area contributed by atoms with Crippen LogP contribution in [0.3, 0.4) is 0 Å². The fourth-order valence-electron chi connectivity index (χ4n) is 9.76. The van der Waals surface area contributed by atoms with Crippen LogP contribution in [0, 0.1) is 0 Å². The average Bonchev–Trinajstić information content (AvgIpc) is 3.64. The predicted octanol–water partition coefficient (Wildman–Crippen LogP) is 14.6. The van der Waals surface area contributed by atoms with E-state index in [9.17, 15) is 0 Å². The number of rotatable bonds is 5. The van der Waals surface area contributed by atoms with Gasteiger partial charge in [0.2, 0.25) is 0 Å². The molecule has 9 aromatic rings. The van der Waals surface area contributed by atoms with E-state index < -0.39 is 0 Å². The van der Waals surface area contributed by atoms with Crippen molar-refractivity contribution < 1.29 is 0 Å². The summed E-state index contributed by atoms with van der Waals surface area (Å²) < 4.78 is 0. The van der Waals surface area contributed by atoms with Crippen molar-refractivity contribution in [1.82, 2.24) is 9.97 Å². The quantitative estimate of drug-likeness (QED) is 0.175. The first-order valence-corrected chi connectivity index (χ1v) is 20.3. The largest absolute Gasteiger partial charge is 0.228 e. The van der Waals surface area contributed by atoms with Crippen LogP contribution in [0.25, 0.3) is 89.2 Å². The normalized spacial score (nSPS) is 14.1. The van der Waals surface area contributed by atoms with Crippen molar-refractivity contribution in [3.63, 3.8) is 0 Å². The van der Waals surface area contributed by atoms with Crippen LogP contribution in [0.2, 0.25) is 0 Å². The van der Waals surface area contributed by atoms with Gasteiger partial charge in [0.25, 0.3) is 0 Å². The third-order valence-corrected chi connectivity index (χ3v) is 12.9. The van der Waals surface area contributed by atoms with Gasteiger partial charge >= 0.3 is 0 Å². The Hall–Kier alpha value is -6.90. The van der Waals surface area contributed by atoms with E-state index in [-0.39, 0.29) is 10.8 Å². The van der Waals surface area contributed by atoms with Gasteiger partial charge in [-0.05, 0) is 114 Å². The molecule has 2 heteroatoms. The summed E-state index contributed by atoms with van der Waals surface area (Å²) >= 11 is 0. The number of hydrogen-bond donors (Lipinski definition) is 0. The average molecular weight is 743 g/mol. The lowest BCUT2D eigenvalue weighted by Gasteiger charge is -2.22. The molecule has 2 nitrogen and oxygen atoms in total. The highest BCUT2D eigenvalue weighted by molar-refractivity contribution is 5.99. The molecule has 0 unspecified atom stereocenters. The molecular formula is C56H42N2. The van der Waals surface area contributed by atoms with Crippen LogP contribution in [0.1, 0.15) is 49.9 Å². The van der Waals surface area contributed by atoms with E-state index in [2.05, 4.69) is 204 Å². The molecule has 8 aromatic carbocycles. The molecule has 0 saturated carbocycles. The van der Waals surface area contributed by atoms with Crippen molar-refractivity contribution in [3.8, 4) is 78.4 Å². The fraction of sp³-hybridized carbons (Fsp3) is 0.107. The first-order valence-electron chi connectivity index (χ1n) is 20.3. The summed E-state index contributed by atoms with van der Waals surface area (Å²) in [6.07, 6.45) is 0. The number of nitrogens with zero attached hydrogens (tertiary/aromatic N) is 2. The molecule has 0 radical (unpaired) electrons. The Morgan fingerprint density at radius 2 is 0.828 bits per heavy atom. The van der Waals surface area contributed by atoms with Crippen molar-refractivity contribution in [2.45, 2.75) is 38.5 Å². The summed E-state index contributed by atoms with van der Waals surface area (Å²) in [5.74, 6) is 0.712. The van der Waals surface area contributed by atoms with Gasteiger partial charge < -0.3 is 0 Å². The lowest BCUT2D eigenvalue weighted by Crippen LogP contribution is -2.14. The maximum absolute atomic E-state index is 5.24. The van der Waals surface area contributed by atoms with Crippen LogP contribution in [0.4, 0.5) is 0 Å². The molecule has 276 valence electrons. The number of hydrogen-bond acceptors (Lipinski definition) is 2. The van der Waals surface area contributed by atoms with Crippen molar-refractivity contribution >= 4 is 10.8 Å². The van der Waals surface area contributed by atoms with Gasteiger partial charge in [0.1, 0.15) is 0 Å². The van der Waals surface area contributed by atoms with Crippen LogP contribution >= 0.6 is 0 Å². The van der Waals surface area contributed by atoms with Gasteiger partial charge in [-0.3, -0.25) is 0 Å². The lowest BCUT2D eigenvalue weighted by atomic mass is 9.81. The first-order chi connectivity index (χ1) is 28.2. The first kappa shape index (κ1) is 34.4. The summed E-state index contributed by atoms with van der Waals surface area (Å²) in [4.78, 5) is 10.5. The highest BCUT2D eigenvalue weighted by Crippen LogP contribution is 2.53. The van der Waals surface area contributed by atoms with Crippen LogP contribution in [0.15, 0.2) is 182 Å². The van der Waals surface area contributed by atoms with Crippen LogP contribution in [-0.4, -0.2) is 9.97 Å². The third kappa shape index (κ3) is 5.32. The molecular weight excluding hydrogens is 701 g/mol. The predicted molar refractivity (Wildman–Crippen MR) is 242 cm³/mol. The second-order valence-electron chi connectivity index (χ2n) is 17.0. The van der Waals surface area contributed by atoms with Crippen LogP contribution < -0.4 is 0 Å². The SMILES string of the molecule is CC1(C)c2ccccc2-c2ccc(-c3cccc(-c4cc(-c5cccc(-c6cccc7c6-c6cc8ccccc8cc6C7(C)C)c5)nc(-c5ccccc5)n4)c3)cc21. The van der Waals surface area contributed by atoms with E-state index in [0.29, 0.717) is 5.82 Å².